The number of hydrogen-bond donors (Lipinski definition) is 1. The van der Waals surface area contributed by atoms with Crippen molar-refractivity contribution in [3.8, 4) is 5.69 Å². The first-order valence-electron chi connectivity index (χ1n) is 11.0. The van der Waals surface area contributed by atoms with Crippen LogP contribution in [0.5, 0.6) is 0 Å². The van der Waals surface area contributed by atoms with Gasteiger partial charge in [0.15, 0.2) is 0 Å². The van der Waals surface area contributed by atoms with Gasteiger partial charge < -0.3 is 10.2 Å². The zero-order chi connectivity index (χ0) is 22.5. The lowest BCUT2D eigenvalue weighted by Gasteiger charge is -2.33. The number of benzene rings is 2. The summed E-state index contributed by atoms with van der Waals surface area (Å²) in [4.78, 5) is 27.1. The monoisotopic (exact) mass is 434 g/mol. The van der Waals surface area contributed by atoms with E-state index in [1.54, 1.807) is 6.07 Å². The fourth-order valence-corrected chi connectivity index (χ4v) is 3.96. The summed E-state index contributed by atoms with van der Waals surface area (Å²) in [6.45, 7) is 3.92. The van der Waals surface area contributed by atoms with Crippen molar-refractivity contribution in [2.75, 3.05) is 18.0 Å². The van der Waals surface area contributed by atoms with Gasteiger partial charge in [-0.2, -0.15) is 4.68 Å². The van der Waals surface area contributed by atoms with Crippen molar-refractivity contribution in [3.63, 3.8) is 0 Å². The molecule has 0 bridgehead atoms. The Labute approximate surface area is 186 Å². The summed E-state index contributed by atoms with van der Waals surface area (Å²) in [6.07, 6.45) is 2.67. The summed E-state index contributed by atoms with van der Waals surface area (Å²) in [6, 6.07) is 17.1. The third kappa shape index (κ3) is 5.04. The van der Waals surface area contributed by atoms with E-state index in [1.165, 1.54) is 40.6 Å². The minimum atomic E-state index is -0.371. The fraction of sp³-hybridized carbons (Fsp3) is 0.320. The van der Waals surface area contributed by atoms with Gasteiger partial charge in [-0.25, -0.2) is 4.39 Å². The average Bonchev–Trinajstić information content (AvgIpc) is 2.84. The van der Waals surface area contributed by atoms with E-state index in [0.717, 1.165) is 31.4 Å². The van der Waals surface area contributed by atoms with E-state index in [0.29, 0.717) is 24.6 Å². The van der Waals surface area contributed by atoms with Crippen molar-refractivity contribution < 1.29 is 9.18 Å². The number of rotatable bonds is 6. The quantitative estimate of drug-likeness (QED) is 0.645. The van der Waals surface area contributed by atoms with Crippen LogP contribution in [0, 0.1) is 11.7 Å². The lowest BCUT2D eigenvalue weighted by atomic mass is 9.97. The Morgan fingerprint density at radius 3 is 2.50 bits per heavy atom. The van der Waals surface area contributed by atoms with Crippen molar-refractivity contribution in [2.45, 2.75) is 32.7 Å². The number of hydrogen-bond acceptors (Lipinski definition) is 4. The van der Waals surface area contributed by atoms with Gasteiger partial charge in [0.2, 0.25) is 5.91 Å². The summed E-state index contributed by atoms with van der Waals surface area (Å²) in [7, 11) is 0. The van der Waals surface area contributed by atoms with Gasteiger partial charge in [0.1, 0.15) is 11.6 Å². The van der Waals surface area contributed by atoms with Gasteiger partial charge in [-0.05, 0) is 60.7 Å². The molecule has 1 N–H and O–H groups in total. The van der Waals surface area contributed by atoms with E-state index in [2.05, 4.69) is 41.6 Å². The highest BCUT2D eigenvalue weighted by Crippen LogP contribution is 2.22. The molecular weight excluding hydrogens is 407 g/mol. The van der Waals surface area contributed by atoms with Crippen LogP contribution >= 0.6 is 0 Å². The van der Waals surface area contributed by atoms with Crippen LogP contribution in [0.2, 0.25) is 0 Å². The number of anilines is 1. The summed E-state index contributed by atoms with van der Waals surface area (Å²) in [5.74, 6) is 0.138. The van der Waals surface area contributed by atoms with Gasteiger partial charge in [0.25, 0.3) is 5.56 Å². The highest BCUT2D eigenvalue weighted by molar-refractivity contribution is 5.79. The molecule has 0 radical (unpaired) electrons. The molecule has 1 fully saturated rings. The zero-order valence-electron chi connectivity index (χ0n) is 18.1. The number of halogens is 1. The van der Waals surface area contributed by atoms with Crippen molar-refractivity contribution >= 4 is 11.7 Å². The van der Waals surface area contributed by atoms with Crippen LogP contribution in [0.1, 0.15) is 30.9 Å². The number of aryl methyl sites for hydroxylation is 1. The van der Waals surface area contributed by atoms with E-state index < -0.39 is 0 Å². The molecule has 0 spiro atoms. The Morgan fingerprint density at radius 1 is 1.06 bits per heavy atom. The van der Waals surface area contributed by atoms with Gasteiger partial charge in [0, 0.05) is 25.7 Å². The minimum Gasteiger partial charge on any atom is -0.354 e. The molecule has 1 aromatic heterocycles. The Kier molecular flexibility index (Phi) is 6.63. The summed E-state index contributed by atoms with van der Waals surface area (Å²) >= 11 is 0. The Morgan fingerprint density at radius 2 is 1.78 bits per heavy atom. The van der Waals surface area contributed by atoms with Crippen molar-refractivity contribution in [1.29, 1.82) is 0 Å². The minimum absolute atomic E-state index is 0.0288. The van der Waals surface area contributed by atoms with E-state index in [1.807, 2.05) is 4.90 Å². The van der Waals surface area contributed by atoms with Crippen molar-refractivity contribution in [1.82, 2.24) is 15.1 Å². The normalized spacial score (nSPS) is 16.1. The largest absolute Gasteiger partial charge is 0.354 e. The highest BCUT2D eigenvalue weighted by atomic mass is 19.1. The molecule has 6 nitrogen and oxygen atoms in total. The Bertz CT molecular complexity index is 1130. The van der Waals surface area contributed by atoms with E-state index >= 15 is 0 Å². The van der Waals surface area contributed by atoms with Crippen LogP contribution in [0.15, 0.2) is 65.5 Å². The molecule has 0 aliphatic carbocycles. The number of carbonyl (C=O) groups excluding carboxylic acids is 1. The molecule has 3 aromatic rings. The van der Waals surface area contributed by atoms with Crippen LogP contribution in [-0.2, 0) is 17.8 Å². The van der Waals surface area contributed by atoms with Gasteiger partial charge in [-0.15, -0.1) is 5.10 Å². The first-order chi connectivity index (χ1) is 15.5. The van der Waals surface area contributed by atoms with Gasteiger partial charge >= 0.3 is 0 Å². The van der Waals surface area contributed by atoms with Crippen LogP contribution < -0.4 is 15.8 Å². The number of nitrogens with zero attached hydrogens (tertiary/aromatic N) is 3. The standard InChI is InChI=1S/C25H27FN4O2/c1-2-18-5-7-19(8-6-18)16-27-25(32)20-4-3-15-29(17-20)23-13-14-24(31)30(28-23)22-11-9-21(26)10-12-22/h5-14,20H,2-4,15-17H2,1H3,(H,27,32). The number of amides is 1. The maximum absolute atomic E-state index is 13.2. The summed E-state index contributed by atoms with van der Waals surface area (Å²) in [5.41, 5.74) is 2.56. The number of nitrogens with one attached hydrogen (secondary N) is 1. The molecule has 1 amide bonds. The fourth-order valence-electron chi connectivity index (χ4n) is 3.96. The topological polar surface area (TPSA) is 67.2 Å². The number of aromatic nitrogens is 2. The molecule has 1 saturated heterocycles. The predicted molar refractivity (Wildman–Crippen MR) is 122 cm³/mol. The third-order valence-electron chi connectivity index (χ3n) is 5.87. The van der Waals surface area contributed by atoms with Gasteiger partial charge in [0.05, 0.1) is 11.6 Å². The van der Waals surface area contributed by atoms with Gasteiger partial charge in [-0.1, -0.05) is 31.2 Å². The first-order valence-corrected chi connectivity index (χ1v) is 11.0. The van der Waals surface area contributed by atoms with Crippen molar-refractivity contribution in [2.24, 2.45) is 5.92 Å². The molecule has 32 heavy (non-hydrogen) atoms. The zero-order valence-corrected chi connectivity index (χ0v) is 18.1. The second-order valence-electron chi connectivity index (χ2n) is 8.09. The van der Waals surface area contributed by atoms with E-state index in [-0.39, 0.29) is 23.2 Å². The van der Waals surface area contributed by atoms with Crippen LogP contribution in [0.25, 0.3) is 5.69 Å². The molecule has 1 aliphatic heterocycles. The molecule has 7 heteroatoms. The third-order valence-corrected chi connectivity index (χ3v) is 5.87. The molecule has 166 valence electrons. The Hall–Kier alpha value is -3.48. The summed E-state index contributed by atoms with van der Waals surface area (Å²) < 4.78 is 14.5. The van der Waals surface area contributed by atoms with Crippen LogP contribution in [0.3, 0.4) is 0 Å². The van der Waals surface area contributed by atoms with Crippen molar-refractivity contribution in [3.05, 3.63) is 88.0 Å². The SMILES string of the molecule is CCc1ccc(CNC(=O)C2CCCN(c3ccc(=O)n(-c4ccc(F)cc4)n3)C2)cc1. The molecule has 1 aliphatic rings. The number of piperidine rings is 1. The lowest BCUT2D eigenvalue weighted by Crippen LogP contribution is -2.43. The predicted octanol–water partition coefficient (Wildman–Crippen LogP) is 3.47. The molecule has 1 unspecified atom stereocenters. The molecule has 4 rings (SSSR count). The highest BCUT2D eigenvalue weighted by Gasteiger charge is 2.26. The van der Waals surface area contributed by atoms with E-state index in [9.17, 15) is 14.0 Å². The van der Waals surface area contributed by atoms with E-state index in [4.69, 9.17) is 0 Å². The molecule has 0 saturated carbocycles. The second kappa shape index (κ2) is 9.77. The average molecular weight is 435 g/mol. The Balaban J connectivity index is 1.43. The molecule has 2 aromatic carbocycles. The van der Waals surface area contributed by atoms with Gasteiger partial charge in [-0.3, -0.25) is 9.59 Å². The van der Waals surface area contributed by atoms with Crippen LogP contribution in [0.4, 0.5) is 10.2 Å². The lowest BCUT2D eigenvalue weighted by molar-refractivity contribution is -0.125. The molecular formula is C25H27FN4O2. The second-order valence-corrected chi connectivity index (χ2v) is 8.09. The smallest absolute Gasteiger partial charge is 0.271 e. The first kappa shape index (κ1) is 21.7. The molecule has 1 atom stereocenters. The number of carbonyl (C=O) groups is 1. The maximum atomic E-state index is 13.2. The molecule has 2 heterocycles. The van der Waals surface area contributed by atoms with Crippen LogP contribution in [-0.4, -0.2) is 28.8 Å². The maximum Gasteiger partial charge on any atom is 0.271 e. The summed E-state index contributed by atoms with van der Waals surface area (Å²) in [5, 5.41) is 7.53.